The molecule has 4 aliphatic carbocycles. The van der Waals surface area contributed by atoms with Crippen molar-refractivity contribution in [3.8, 4) is 11.6 Å². The number of aliphatic hydroxyl groups excluding tert-OH is 1. The molecule has 0 radical (unpaired) electrons. The number of fused-ring (bicyclic) bond motifs is 5. The Labute approximate surface area is 252 Å². The lowest BCUT2D eigenvalue weighted by molar-refractivity contribution is -0.132. The van der Waals surface area contributed by atoms with Gasteiger partial charge in [-0.2, -0.15) is 4.98 Å². The predicted molar refractivity (Wildman–Crippen MR) is 164 cm³/mol. The first-order valence-corrected chi connectivity index (χ1v) is 16.5. The number of ether oxygens (including phenoxy) is 2. The quantitative estimate of drug-likeness (QED) is 0.426. The molecule has 5 aliphatic rings. The highest BCUT2D eigenvalue weighted by atomic mass is 16.5. The van der Waals surface area contributed by atoms with Gasteiger partial charge in [0.2, 0.25) is 11.7 Å². The fraction of sp³-hybridized carbons (Fsp3) is 0.794. The number of carbonyl (C=O) groups excluding carboxylic acids is 1. The van der Waals surface area contributed by atoms with Crippen LogP contribution in [0.3, 0.4) is 0 Å². The lowest BCUT2D eigenvalue weighted by Crippen LogP contribution is -2.51. The number of hydrogen-bond acceptors (Lipinski definition) is 7. The van der Waals surface area contributed by atoms with Crippen molar-refractivity contribution in [2.24, 2.45) is 40.4 Å². The Kier molecular flexibility index (Phi) is 8.22. The zero-order chi connectivity index (χ0) is 29.6. The molecule has 1 amide bonds. The summed E-state index contributed by atoms with van der Waals surface area (Å²) in [6.07, 6.45) is 15.1. The predicted octanol–water partition coefficient (Wildman–Crippen LogP) is 5.50. The summed E-state index contributed by atoms with van der Waals surface area (Å²) < 4.78 is 10.9. The first kappa shape index (κ1) is 29.7. The molecule has 0 aromatic carbocycles. The molecule has 42 heavy (non-hydrogen) atoms. The first-order valence-electron chi connectivity index (χ1n) is 16.5. The monoisotopic (exact) mass is 580 g/mol. The Morgan fingerprint density at radius 2 is 1.83 bits per heavy atom. The molecule has 4 fully saturated rings. The highest BCUT2D eigenvalue weighted by Crippen LogP contribution is 2.67. The van der Waals surface area contributed by atoms with Gasteiger partial charge in [0.15, 0.2) is 5.82 Å². The molecular formula is C34H52N4O4. The normalized spacial score (nSPS) is 36.8. The number of nitrogens with zero attached hydrogens (tertiary/aromatic N) is 4. The lowest BCUT2D eigenvalue weighted by Gasteiger charge is -2.58. The van der Waals surface area contributed by atoms with Crippen LogP contribution in [0.4, 0.5) is 5.82 Å². The van der Waals surface area contributed by atoms with E-state index in [0.29, 0.717) is 53.8 Å². The molecule has 6 rings (SSSR count). The molecule has 1 aromatic heterocycles. The molecule has 0 spiro atoms. The summed E-state index contributed by atoms with van der Waals surface area (Å²) in [5.41, 5.74) is 2.25. The van der Waals surface area contributed by atoms with Gasteiger partial charge in [0.05, 0.1) is 20.3 Å². The smallest absolute Gasteiger partial charge is 0.262 e. The summed E-state index contributed by atoms with van der Waals surface area (Å²) >= 11 is 0. The average molecular weight is 581 g/mol. The molecule has 8 nitrogen and oxygen atoms in total. The number of aliphatic hydroxyl groups is 1. The van der Waals surface area contributed by atoms with Crippen LogP contribution in [0.15, 0.2) is 18.0 Å². The van der Waals surface area contributed by atoms with Gasteiger partial charge in [0, 0.05) is 32.6 Å². The van der Waals surface area contributed by atoms with E-state index in [1.807, 2.05) is 4.90 Å². The number of allylic oxidation sites excluding steroid dienone is 1. The molecule has 1 aliphatic heterocycles. The summed E-state index contributed by atoms with van der Waals surface area (Å²) in [6.45, 7) is 10.4. The minimum atomic E-state index is -0.135. The van der Waals surface area contributed by atoms with Gasteiger partial charge in [-0.3, -0.25) is 4.79 Å². The summed E-state index contributed by atoms with van der Waals surface area (Å²) in [5.74, 6) is 5.62. The van der Waals surface area contributed by atoms with Crippen LogP contribution in [0.25, 0.3) is 0 Å². The van der Waals surface area contributed by atoms with Gasteiger partial charge < -0.3 is 24.4 Å². The second-order valence-electron chi connectivity index (χ2n) is 14.5. The average Bonchev–Trinajstić information content (AvgIpc) is 3.37. The van der Waals surface area contributed by atoms with E-state index in [2.05, 4.69) is 41.7 Å². The van der Waals surface area contributed by atoms with E-state index in [1.54, 1.807) is 19.8 Å². The van der Waals surface area contributed by atoms with Crippen molar-refractivity contribution < 1.29 is 19.4 Å². The Hall–Kier alpha value is -2.35. The number of carbonyl (C=O) groups is 1. The maximum atomic E-state index is 13.3. The largest absolute Gasteiger partial charge is 0.489 e. The number of rotatable bonds is 7. The first-order chi connectivity index (χ1) is 20.2. The Balaban J connectivity index is 1.03. The molecule has 3 saturated carbocycles. The van der Waals surface area contributed by atoms with Crippen molar-refractivity contribution in [1.29, 1.82) is 0 Å². The zero-order valence-corrected chi connectivity index (χ0v) is 26.5. The molecule has 232 valence electrons. The highest BCUT2D eigenvalue weighted by Gasteiger charge is 2.59. The lowest BCUT2D eigenvalue weighted by atomic mass is 9.47. The third-order valence-corrected chi connectivity index (χ3v) is 12.7. The summed E-state index contributed by atoms with van der Waals surface area (Å²) in [4.78, 5) is 26.1. The van der Waals surface area contributed by atoms with Crippen LogP contribution in [0.5, 0.6) is 11.6 Å². The van der Waals surface area contributed by atoms with Crippen LogP contribution >= 0.6 is 0 Å². The Bertz CT molecular complexity index is 1180. The van der Waals surface area contributed by atoms with Crippen molar-refractivity contribution >= 4 is 11.7 Å². The van der Waals surface area contributed by atoms with Gasteiger partial charge in [0.25, 0.3) is 5.88 Å². The fourth-order valence-electron chi connectivity index (χ4n) is 10.4. The SMILES string of the molecule is COc1ncnc(N2CCN(C(=O)CC[C@@H](C)[C@H]3CC[C@H]4[C@@H]5CC=C6C[C@@H](O)CC[C@]6(C)[C@H]5CC[C@]34C)CC2)c1OC. The van der Waals surface area contributed by atoms with Crippen LogP contribution in [-0.4, -0.2) is 72.4 Å². The molecule has 1 saturated heterocycles. The van der Waals surface area contributed by atoms with Crippen LogP contribution in [0.1, 0.15) is 85.0 Å². The second-order valence-corrected chi connectivity index (χ2v) is 14.5. The number of aromatic nitrogens is 2. The van der Waals surface area contributed by atoms with Crippen molar-refractivity contribution in [3.63, 3.8) is 0 Å². The van der Waals surface area contributed by atoms with Crippen molar-refractivity contribution in [3.05, 3.63) is 18.0 Å². The topological polar surface area (TPSA) is 88.0 Å². The fourth-order valence-corrected chi connectivity index (χ4v) is 10.4. The summed E-state index contributed by atoms with van der Waals surface area (Å²) in [6, 6.07) is 0. The number of methoxy groups -OCH3 is 2. The van der Waals surface area contributed by atoms with Crippen molar-refractivity contribution in [2.45, 2.75) is 91.1 Å². The Morgan fingerprint density at radius 1 is 1.05 bits per heavy atom. The van der Waals surface area contributed by atoms with Crippen LogP contribution in [0, 0.1) is 40.4 Å². The molecule has 1 aromatic rings. The van der Waals surface area contributed by atoms with Gasteiger partial charge in [0.1, 0.15) is 6.33 Å². The van der Waals surface area contributed by atoms with Gasteiger partial charge in [-0.15, -0.1) is 0 Å². The van der Waals surface area contributed by atoms with Crippen LogP contribution in [0.2, 0.25) is 0 Å². The minimum Gasteiger partial charge on any atom is -0.489 e. The summed E-state index contributed by atoms with van der Waals surface area (Å²) in [5, 5.41) is 10.3. The number of amides is 1. The van der Waals surface area contributed by atoms with E-state index < -0.39 is 0 Å². The third-order valence-electron chi connectivity index (χ3n) is 12.7. The van der Waals surface area contributed by atoms with Gasteiger partial charge in [-0.25, -0.2) is 4.98 Å². The van der Waals surface area contributed by atoms with Gasteiger partial charge in [-0.05, 0) is 98.2 Å². The van der Waals surface area contributed by atoms with E-state index >= 15 is 0 Å². The molecule has 1 N–H and O–H groups in total. The number of piperazine rings is 1. The highest BCUT2D eigenvalue weighted by molar-refractivity contribution is 5.76. The van der Waals surface area contributed by atoms with E-state index in [4.69, 9.17) is 9.47 Å². The summed E-state index contributed by atoms with van der Waals surface area (Å²) in [7, 11) is 3.19. The minimum absolute atomic E-state index is 0.135. The third kappa shape index (κ3) is 4.99. The van der Waals surface area contributed by atoms with E-state index in [-0.39, 0.29) is 12.0 Å². The molecule has 2 heterocycles. The van der Waals surface area contributed by atoms with Crippen LogP contribution in [-0.2, 0) is 4.79 Å². The van der Waals surface area contributed by atoms with Gasteiger partial charge >= 0.3 is 0 Å². The van der Waals surface area contributed by atoms with Crippen molar-refractivity contribution in [2.75, 3.05) is 45.3 Å². The number of anilines is 1. The van der Waals surface area contributed by atoms with E-state index in [1.165, 1.54) is 38.4 Å². The second kappa shape index (κ2) is 11.6. The maximum Gasteiger partial charge on any atom is 0.262 e. The van der Waals surface area contributed by atoms with E-state index in [0.717, 1.165) is 62.3 Å². The van der Waals surface area contributed by atoms with E-state index in [9.17, 15) is 9.90 Å². The molecule has 8 atom stereocenters. The van der Waals surface area contributed by atoms with Crippen LogP contribution < -0.4 is 14.4 Å². The van der Waals surface area contributed by atoms with Gasteiger partial charge in [-0.1, -0.05) is 32.4 Å². The maximum absolute atomic E-state index is 13.3. The zero-order valence-electron chi connectivity index (χ0n) is 26.5. The molecule has 0 unspecified atom stereocenters. The number of hydrogen-bond donors (Lipinski definition) is 1. The Morgan fingerprint density at radius 3 is 2.57 bits per heavy atom. The van der Waals surface area contributed by atoms with Crippen molar-refractivity contribution in [1.82, 2.24) is 14.9 Å². The standard InChI is InChI=1S/C34H52N4O4/c1-22(6-11-29(40)37-16-18-38(19-17-37)31-30(41-4)32(42-5)36-21-35-31)26-9-10-27-25-8-7-23-20-24(39)12-14-33(23,2)28(25)13-15-34(26,27)3/h7,21-22,24-28,39H,6,8-20H2,1-5H3/t22-,24+,25+,26-,27+,28+,33+,34-/m1/s1. The molecule has 0 bridgehead atoms. The molecular weight excluding hydrogens is 528 g/mol. The molecule has 8 heteroatoms.